The van der Waals surface area contributed by atoms with Crippen LogP contribution in [0.4, 0.5) is 0 Å². The van der Waals surface area contributed by atoms with Crippen LogP contribution in [0.5, 0.6) is 0 Å². The molecule has 2 N–H and O–H groups in total. The second kappa shape index (κ2) is 4.78. The van der Waals surface area contributed by atoms with Crippen molar-refractivity contribution in [3.63, 3.8) is 0 Å². The van der Waals surface area contributed by atoms with Crippen LogP contribution in [0.3, 0.4) is 0 Å². The van der Waals surface area contributed by atoms with Crippen molar-refractivity contribution in [3.05, 3.63) is 0 Å². The second-order valence-corrected chi connectivity index (χ2v) is 4.41. The summed E-state index contributed by atoms with van der Waals surface area (Å²) in [5, 5.41) is 0. The normalized spacial score (nSPS) is 30.9. The molecule has 0 amide bonds. The van der Waals surface area contributed by atoms with E-state index in [1.165, 1.54) is 32.1 Å². The van der Waals surface area contributed by atoms with E-state index in [0.717, 1.165) is 25.5 Å². The fraction of sp³-hybridized carbons (Fsp3) is 0.909. The van der Waals surface area contributed by atoms with Gasteiger partial charge < -0.3 is 10.5 Å². The van der Waals surface area contributed by atoms with Crippen molar-refractivity contribution in [1.29, 1.82) is 0 Å². The molecule has 1 unspecified atom stereocenters. The standard InChI is InChI=1S/C11H20N2O/c12-11(9-4-2-1-3-5-9)13-10-6-7-14-8-10/h9-10H,1-8H2,(H2,12,13). The molecule has 0 spiro atoms. The molecule has 0 radical (unpaired) electrons. The Balaban J connectivity index is 1.87. The maximum Gasteiger partial charge on any atom is 0.0972 e. The third kappa shape index (κ3) is 2.47. The minimum Gasteiger partial charge on any atom is -0.387 e. The Labute approximate surface area is 85.7 Å². The van der Waals surface area contributed by atoms with Crippen LogP contribution < -0.4 is 5.73 Å². The lowest BCUT2D eigenvalue weighted by atomic mass is 9.88. The largest absolute Gasteiger partial charge is 0.387 e. The monoisotopic (exact) mass is 196 g/mol. The van der Waals surface area contributed by atoms with Gasteiger partial charge in [0.15, 0.2) is 0 Å². The van der Waals surface area contributed by atoms with Gasteiger partial charge in [0.25, 0.3) is 0 Å². The summed E-state index contributed by atoms with van der Waals surface area (Å²) in [6.45, 7) is 1.62. The van der Waals surface area contributed by atoms with Gasteiger partial charge >= 0.3 is 0 Å². The Morgan fingerprint density at radius 2 is 1.93 bits per heavy atom. The predicted octanol–water partition coefficient (Wildman–Crippen LogP) is 1.71. The molecular weight excluding hydrogens is 176 g/mol. The molecule has 2 rings (SSSR count). The maximum atomic E-state index is 6.02. The van der Waals surface area contributed by atoms with Gasteiger partial charge in [-0.3, -0.25) is 4.99 Å². The third-order valence-electron chi connectivity index (χ3n) is 3.26. The summed E-state index contributed by atoms with van der Waals surface area (Å²) in [6.07, 6.45) is 7.54. The van der Waals surface area contributed by atoms with Crippen LogP contribution >= 0.6 is 0 Å². The molecule has 1 heterocycles. The first-order valence-electron chi connectivity index (χ1n) is 5.77. The molecule has 2 aliphatic rings. The van der Waals surface area contributed by atoms with Gasteiger partial charge in [-0.25, -0.2) is 0 Å². The SMILES string of the molecule is NC(=NC1CCOC1)C1CCCCC1. The lowest BCUT2D eigenvalue weighted by Crippen LogP contribution is -2.27. The lowest BCUT2D eigenvalue weighted by Gasteiger charge is -2.21. The van der Waals surface area contributed by atoms with E-state index in [1.807, 2.05) is 0 Å². The van der Waals surface area contributed by atoms with Crippen LogP contribution in [0.2, 0.25) is 0 Å². The van der Waals surface area contributed by atoms with E-state index in [2.05, 4.69) is 4.99 Å². The first kappa shape index (κ1) is 9.97. The first-order chi connectivity index (χ1) is 6.86. The van der Waals surface area contributed by atoms with E-state index in [-0.39, 0.29) is 0 Å². The average molecular weight is 196 g/mol. The van der Waals surface area contributed by atoms with Crippen LogP contribution in [0.1, 0.15) is 38.5 Å². The number of hydrogen-bond donors (Lipinski definition) is 1. The van der Waals surface area contributed by atoms with Crippen LogP contribution in [-0.2, 0) is 4.74 Å². The molecule has 80 valence electrons. The molecule has 0 aromatic rings. The average Bonchev–Trinajstić information content (AvgIpc) is 2.72. The Kier molecular flexibility index (Phi) is 3.40. The zero-order valence-corrected chi connectivity index (χ0v) is 8.74. The van der Waals surface area contributed by atoms with Gasteiger partial charge in [-0.1, -0.05) is 19.3 Å². The maximum absolute atomic E-state index is 6.02. The fourth-order valence-electron chi connectivity index (χ4n) is 2.34. The molecule has 1 saturated heterocycles. The fourth-order valence-corrected chi connectivity index (χ4v) is 2.34. The van der Waals surface area contributed by atoms with Gasteiger partial charge in [0.1, 0.15) is 0 Å². The van der Waals surface area contributed by atoms with E-state index in [1.54, 1.807) is 0 Å². The Bertz CT molecular complexity index is 203. The third-order valence-corrected chi connectivity index (χ3v) is 3.26. The van der Waals surface area contributed by atoms with Gasteiger partial charge in [-0.15, -0.1) is 0 Å². The highest BCUT2D eigenvalue weighted by Gasteiger charge is 2.20. The van der Waals surface area contributed by atoms with E-state index in [0.29, 0.717) is 12.0 Å². The van der Waals surface area contributed by atoms with E-state index < -0.39 is 0 Å². The van der Waals surface area contributed by atoms with E-state index in [9.17, 15) is 0 Å². The predicted molar refractivity (Wildman–Crippen MR) is 57.4 cm³/mol. The van der Waals surface area contributed by atoms with Crippen LogP contribution in [0.25, 0.3) is 0 Å². The first-order valence-corrected chi connectivity index (χ1v) is 5.77. The minimum atomic E-state index is 0.344. The molecule has 14 heavy (non-hydrogen) atoms. The molecule has 2 fully saturated rings. The number of aliphatic imine (C=N–C) groups is 1. The summed E-state index contributed by atoms with van der Waals surface area (Å²) >= 11 is 0. The number of rotatable bonds is 2. The van der Waals surface area contributed by atoms with Crippen molar-refractivity contribution in [3.8, 4) is 0 Å². The number of amidine groups is 1. The Morgan fingerprint density at radius 3 is 2.57 bits per heavy atom. The molecule has 1 aliphatic carbocycles. The van der Waals surface area contributed by atoms with Crippen molar-refractivity contribution in [1.82, 2.24) is 0 Å². The summed E-state index contributed by atoms with van der Waals surface area (Å²) in [4.78, 5) is 4.57. The molecule has 0 aromatic heterocycles. The lowest BCUT2D eigenvalue weighted by molar-refractivity contribution is 0.194. The van der Waals surface area contributed by atoms with Gasteiger partial charge in [0.05, 0.1) is 18.5 Å². The molecule has 1 atom stereocenters. The number of nitrogens with zero attached hydrogens (tertiary/aromatic N) is 1. The van der Waals surface area contributed by atoms with E-state index >= 15 is 0 Å². The highest BCUT2D eigenvalue weighted by molar-refractivity contribution is 5.83. The smallest absolute Gasteiger partial charge is 0.0972 e. The summed E-state index contributed by atoms with van der Waals surface area (Å²) in [5.41, 5.74) is 6.02. The second-order valence-electron chi connectivity index (χ2n) is 4.41. The van der Waals surface area contributed by atoms with Gasteiger partial charge in [0.2, 0.25) is 0 Å². The van der Waals surface area contributed by atoms with Crippen LogP contribution in [0.15, 0.2) is 4.99 Å². The van der Waals surface area contributed by atoms with Crippen molar-refractivity contribution in [2.24, 2.45) is 16.6 Å². The van der Waals surface area contributed by atoms with Crippen molar-refractivity contribution < 1.29 is 4.74 Å². The summed E-state index contributed by atoms with van der Waals surface area (Å²) in [5.74, 6) is 1.45. The number of ether oxygens (including phenoxy) is 1. The zero-order valence-electron chi connectivity index (χ0n) is 8.74. The quantitative estimate of drug-likeness (QED) is 0.540. The Hall–Kier alpha value is -0.570. The molecule has 3 heteroatoms. The molecular formula is C11H20N2O. The molecule has 3 nitrogen and oxygen atoms in total. The van der Waals surface area contributed by atoms with Gasteiger partial charge in [-0.2, -0.15) is 0 Å². The number of nitrogens with two attached hydrogens (primary N) is 1. The topological polar surface area (TPSA) is 47.6 Å². The van der Waals surface area contributed by atoms with Crippen LogP contribution in [-0.4, -0.2) is 25.1 Å². The molecule has 1 aliphatic heterocycles. The molecule has 0 bridgehead atoms. The van der Waals surface area contributed by atoms with Crippen molar-refractivity contribution in [2.45, 2.75) is 44.6 Å². The number of hydrogen-bond acceptors (Lipinski definition) is 2. The highest BCUT2D eigenvalue weighted by atomic mass is 16.5. The molecule has 1 saturated carbocycles. The van der Waals surface area contributed by atoms with Crippen molar-refractivity contribution >= 4 is 5.84 Å². The van der Waals surface area contributed by atoms with Crippen LogP contribution in [0, 0.1) is 5.92 Å². The Morgan fingerprint density at radius 1 is 1.14 bits per heavy atom. The zero-order chi connectivity index (χ0) is 9.80. The van der Waals surface area contributed by atoms with Gasteiger partial charge in [-0.05, 0) is 19.3 Å². The summed E-state index contributed by atoms with van der Waals surface area (Å²) in [7, 11) is 0. The summed E-state index contributed by atoms with van der Waals surface area (Å²) < 4.78 is 5.28. The van der Waals surface area contributed by atoms with E-state index in [4.69, 9.17) is 10.5 Å². The summed E-state index contributed by atoms with van der Waals surface area (Å²) in [6, 6.07) is 0.344. The van der Waals surface area contributed by atoms with Crippen molar-refractivity contribution in [2.75, 3.05) is 13.2 Å². The highest BCUT2D eigenvalue weighted by Crippen LogP contribution is 2.24. The minimum absolute atomic E-state index is 0.344. The molecule has 0 aromatic carbocycles. The van der Waals surface area contributed by atoms with Gasteiger partial charge in [0, 0.05) is 12.5 Å².